The number of benzene rings is 2. The van der Waals surface area contributed by atoms with E-state index in [1.807, 2.05) is 6.07 Å². The number of aryl methyl sites for hydroxylation is 1. The first-order valence-corrected chi connectivity index (χ1v) is 11.3. The summed E-state index contributed by atoms with van der Waals surface area (Å²) in [5.41, 5.74) is 1.53. The zero-order valence-corrected chi connectivity index (χ0v) is 17.8. The molecule has 0 N–H and O–H groups in total. The molecular formula is C20H19ClO5S2. The molecule has 0 aliphatic rings. The van der Waals surface area contributed by atoms with Gasteiger partial charge in [-0.1, -0.05) is 23.7 Å². The van der Waals surface area contributed by atoms with Gasteiger partial charge in [0.15, 0.2) is 9.84 Å². The summed E-state index contributed by atoms with van der Waals surface area (Å²) >= 11 is 7.27. The molecule has 0 aliphatic carbocycles. The number of hydrogen-bond acceptors (Lipinski definition) is 6. The monoisotopic (exact) mass is 438 g/mol. The van der Waals surface area contributed by atoms with E-state index in [1.165, 1.54) is 18.4 Å². The number of methoxy groups -OCH3 is 1. The lowest BCUT2D eigenvalue weighted by Crippen LogP contribution is -2.11. The van der Waals surface area contributed by atoms with Crippen LogP contribution >= 0.6 is 22.9 Å². The van der Waals surface area contributed by atoms with Gasteiger partial charge in [0, 0.05) is 16.8 Å². The molecule has 8 heteroatoms. The SMILES string of the molecule is COCCOC(=O)c1cccc(CS(=O)(=O)c2sc3ccc(Cl)cc3c2C)c1. The summed E-state index contributed by atoms with van der Waals surface area (Å²) in [6.07, 6.45) is 0. The van der Waals surface area contributed by atoms with E-state index in [0.29, 0.717) is 32.5 Å². The average Bonchev–Trinajstić information content (AvgIpc) is 2.99. The van der Waals surface area contributed by atoms with Crippen LogP contribution in [0, 0.1) is 6.92 Å². The summed E-state index contributed by atoms with van der Waals surface area (Å²) in [4.78, 5) is 12.1. The number of sulfone groups is 1. The summed E-state index contributed by atoms with van der Waals surface area (Å²) in [5, 5.41) is 1.41. The summed E-state index contributed by atoms with van der Waals surface area (Å²) in [6, 6.07) is 11.8. The van der Waals surface area contributed by atoms with Crippen molar-refractivity contribution in [2.75, 3.05) is 20.3 Å². The number of thiophene rings is 1. The molecule has 2 aromatic carbocycles. The Kier molecular flexibility index (Phi) is 6.40. The largest absolute Gasteiger partial charge is 0.460 e. The van der Waals surface area contributed by atoms with Crippen molar-refractivity contribution in [2.24, 2.45) is 0 Å². The first-order chi connectivity index (χ1) is 13.3. The zero-order valence-electron chi connectivity index (χ0n) is 15.4. The van der Waals surface area contributed by atoms with E-state index in [1.54, 1.807) is 43.3 Å². The average molecular weight is 439 g/mol. The molecule has 3 rings (SSSR count). The van der Waals surface area contributed by atoms with E-state index in [-0.39, 0.29) is 12.4 Å². The number of carbonyl (C=O) groups is 1. The van der Waals surface area contributed by atoms with E-state index in [9.17, 15) is 13.2 Å². The number of fused-ring (bicyclic) bond motifs is 1. The van der Waals surface area contributed by atoms with Gasteiger partial charge in [-0.25, -0.2) is 13.2 Å². The highest BCUT2D eigenvalue weighted by Crippen LogP contribution is 2.36. The van der Waals surface area contributed by atoms with Gasteiger partial charge < -0.3 is 9.47 Å². The summed E-state index contributed by atoms with van der Waals surface area (Å²) < 4.78 is 37.1. The van der Waals surface area contributed by atoms with Crippen molar-refractivity contribution < 1.29 is 22.7 Å². The zero-order chi connectivity index (χ0) is 20.3. The lowest BCUT2D eigenvalue weighted by Gasteiger charge is -2.07. The quantitative estimate of drug-likeness (QED) is 0.397. The second-order valence-electron chi connectivity index (χ2n) is 6.24. The highest BCUT2D eigenvalue weighted by Gasteiger charge is 2.23. The molecule has 28 heavy (non-hydrogen) atoms. The minimum Gasteiger partial charge on any atom is -0.460 e. The Morgan fingerprint density at radius 1 is 1.14 bits per heavy atom. The van der Waals surface area contributed by atoms with E-state index in [0.717, 1.165) is 10.1 Å². The first kappa shape index (κ1) is 20.8. The maximum atomic E-state index is 13.0. The van der Waals surface area contributed by atoms with E-state index in [4.69, 9.17) is 21.1 Å². The van der Waals surface area contributed by atoms with Gasteiger partial charge in [-0.3, -0.25) is 0 Å². The van der Waals surface area contributed by atoms with Crippen molar-refractivity contribution in [2.45, 2.75) is 16.9 Å². The van der Waals surface area contributed by atoms with E-state index < -0.39 is 15.8 Å². The lowest BCUT2D eigenvalue weighted by atomic mass is 10.1. The fourth-order valence-corrected chi connectivity index (χ4v) is 6.21. The topological polar surface area (TPSA) is 69.7 Å². The maximum absolute atomic E-state index is 13.0. The smallest absolute Gasteiger partial charge is 0.338 e. The normalized spacial score (nSPS) is 11.7. The second kappa shape index (κ2) is 8.61. The van der Waals surface area contributed by atoms with Gasteiger partial charge in [0.05, 0.1) is 17.9 Å². The van der Waals surface area contributed by atoms with Crippen LogP contribution < -0.4 is 0 Å². The van der Waals surface area contributed by atoms with E-state index >= 15 is 0 Å². The van der Waals surface area contributed by atoms with Crippen LogP contribution in [-0.2, 0) is 25.1 Å². The molecule has 0 radical (unpaired) electrons. The van der Waals surface area contributed by atoms with Gasteiger partial charge in [0.25, 0.3) is 0 Å². The number of hydrogen-bond donors (Lipinski definition) is 0. The van der Waals surface area contributed by atoms with Crippen LogP contribution in [0.5, 0.6) is 0 Å². The molecule has 0 unspecified atom stereocenters. The maximum Gasteiger partial charge on any atom is 0.338 e. The molecule has 3 aromatic rings. The minimum atomic E-state index is -3.58. The van der Waals surface area contributed by atoms with E-state index in [2.05, 4.69) is 0 Å². The number of rotatable bonds is 7. The molecule has 0 fully saturated rings. The highest BCUT2D eigenvalue weighted by atomic mass is 35.5. The Bertz CT molecular complexity index is 1120. The Morgan fingerprint density at radius 3 is 2.68 bits per heavy atom. The summed E-state index contributed by atoms with van der Waals surface area (Å²) in [6.45, 7) is 2.22. The van der Waals surface area contributed by atoms with Gasteiger partial charge in [-0.2, -0.15) is 0 Å². The van der Waals surface area contributed by atoms with Crippen LogP contribution in [0.3, 0.4) is 0 Å². The fraction of sp³-hybridized carbons (Fsp3) is 0.250. The number of carbonyl (C=O) groups excluding carboxylic acids is 1. The Labute approximate surface area is 172 Å². The van der Waals surface area contributed by atoms with Crippen LogP contribution in [-0.4, -0.2) is 34.7 Å². The third kappa shape index (κ3) is 4.55. The molecule has 0 atom stereocenters. The van der Waals surface area contributed by atoms with Gasteiger partial charge >= 0.3 is 5.97 Å². The second-order valence-corrected chi connectivity index (χ2v) is 9.92. The third-order valence-electron chi connectivity index (χ3n) is 4.18. The van der Waals surface area contributed by atoms with Crippen molar-refractivity contribution in [3.8, 4) is 0 Å². The molecule has 1 aromatic heterocycles. The Morgan fingerprint density at radius 2 is 1.93 bits per heavy atom. The summed E-state index contributed by atoms with van der Waals surface area (Å²) in [5.74, 6) is -0.711. The molecule has 0 saturated heterocycles. The van der Waals surface area contributed by atoms with Crippen molar-refractivity contribution in [3.63, 3.8) is 0 Å². The van der Waals surface area contributed by atoms with Crippen molar-refractivity contribution in [1.82, 2.24) is 0 Å². The predicted octanol–water partition coefficient (Wildman–Crippen LogP) is 4.64. The third-order valence-corrected chi connectivity index (χ3v) is 8.08. The molecule has 148 valence electrons. The minimum absolute atomic E-state index is 0.140. The van der Waals surface area contributed by atoms with Gasteiger partial charge in [-0.05, 0) is 53.8 Å². The lowest BCUT2D eigenvalue weighted by molar-refractivity contribution is 0.0388. The number of esters is 1. The van der Waals surface area contributed by atoms with Crippen LogP contribution in [0.25, 0.3) is 10.1 Å². The molecule has 0 spiro atoms. The van der Waals surface area contributed by atoms with Crippen molar-refractivity contribution >= 4 is 48.8 Å². The molecular weight excluding hydrogens is 420 g/mol. The standard InChI is InChI=1S/C20H19ClO5S2/c1-13-17-11-16(21)6-7-18(17)27-20(13)28(23,24)12-14-4-3-5-15(10-14)19(22)26-9-8-25-2/h3-7,10-11H,8-9,12H2,1-2H3. The summed E-state index contributed by atoms with van der Waals surface area (Å²) in [7, 11) is -2.06. The first-order valence-electron chi connectivity index (χ1n) is 8.48. The molecule has 0 aliphatic heterocycles. The van der Waals surface area contributed by atoms with Gasteiger partial charge in [0.1, 0.15) is 10.8 Å². The van der Waals surface area contributed by atoms with Crippen LogP contribution in [0.2, 0.25) is 5.02 Å². The van der Waals surface area contributed by atoms with Crippen LogP contribution in [0.1, 0.15) is 21.5 Å². The van der Waals surface area contributed by atoms with Crippen molar-refractivity contribution in [1.29, 1.82) is 0 Å². The molecule has 5 nitrogen and oxygen atoms in total. The number of halogens is 1. The van der Waals surface area contributed by atoms with Gasteiger partial charge in [-0.15, -0.1) is 11.3 Å². The highest BCUT2D eigenvalue weighted by molar-refractivity contribution is 7.93. The molecule has 0 bridgehead atoms. The predicted molar refractivity (Wildman–Crippen MR) is 111 cm³/mol. The Balaban J connectivity index is 1.86. The fourth-order valence-electron chi connectivity index (χ4n) is 2.84. The Hall–Kier alpha value is -1.93. The van der Waals surface area contributed by atoms with Gasteiger partial charge in [0.2, 0.25) is 0 Å². The number of ether oxygens (including phenoxy) is 2. The molecule has 0 amide bonds. The van der Waals surface area contributed by atoms with Crippen LogP contribution in [0.15, 0.2) is 46.7 Å². The van der Waals surface area contributed by atoms with Crippen LogP contribution in [0.4, 0.5) is 0 Å². The molecule has 1 heterocycles. The molecule has 0 saturated carbocycles. The van der Waals surface area contributed by atoms with Crippen molar-refractivity contribution in [3.05, 3.63) is 64.2 Å².